The average molecular weight is 338 g/mol. The summed E-state index contributed by atoms with van der Waals surface area (Å²) in [5.74, 6) is 2.47. The molecule has 2 nitrogen and oxygen atoms in total. The Labute approximate surface area is 152 Å². The van der Waals surface area contributed by atoms with Gasteiger partial charge in [0.25, 0.3) is 0 Å². The maximum Gasteiger partial charge on any atom is 0.119 e. The molecule has 1 aliphatic carbocycles. The molecule has 2 heteroatoms. The van der Waals surface area contributed by atoms with Crippen molar-refractivity contribution < 1.29 is 4.74 Å². The third-order valence-corrected chi connectivity index (χ3v) is 5.40. The highest BCUT2D eigenvalue weighted by atomic mass is 16.5. The van der Waals surface area contributed by atoms with Crippen LogP contribution in [0.2, 0.25) is 0 Å². The van der Waals surface area contributed by atoms with Gasteiger partial charge in [0.05, 0.1) is 6.10 Å². The van der Waals surface area contributed by atoms with Crippen LogP contribution in [-0.4, -0.2) is 12.6 Å². The molecule has 1 aliphatic rings. The first kappa shape index (κ1) is 18.0. The molecule has 0 heterocycles. The van der Waals surface area contributed by atoms with E-state index in [-0.39, 0.29) is 0 Å². The van der Waals surface area contributed by atoms with Crippen LogP contribution in [0.1, 0.15) is 43.7 Å². The molecule has 134 valence electrons. The van der Waals surface area contributed by atoms with Gasteiger partial charge in [0.1, 0.15) is 5.75 Å². The monoisotopic (exact) mass is 337 g/mol. The lowest BCUT2D eigenvalue weighted by molar-refractivity contribution is 0.102. The van der Waals surface area contributed by atoms with E-state index in [1.165, 1.54) is 36.8 Å². The van der Waals surface area contributed by atoms with Crippen LogP contribution in [0.15, 0.2) is 54.6 Å². The van der Waals surface area contributed by atoms with Crippen LogP contribution in [0, 0.1) is 18.8 Å². The molecular formula is C23H31NO. The van der Waals surface area contributed by atoms with Gasteiger partial charge in [-0.1, -0.05) is 49.4 Å². The number of benzene rings is 2. The van der Waals surface area contributed by atoms with Crippen LogP contribution < -0.4 is 10.1 Å². The largest absolute Gasteiger partial charge is 0.490 e. The number of hydrogen-bond acceptors (Lipinski definition) is 2. The van der Waals surface area contributed by atoms with Gasteiger partial charge in [-0.25, -0.2) is 0 Å². The molecule has 3 rings (SSSR count). The Kier molecular flexibility index (Phi) is 6.52. The summed E-state index contributed by atoms with van der Waals surface area (Å²) in [5.41, 5.74) is 2.63. The van der Waals surface area contributed by atoms with Crippen molar-refractivity contribution in [2.75, 3.05) is 6.54 Å². The summed E-state index contributed by atoms with van der Waals surface area (Å²) in [6, 6.07) is 19.1. The molecule has 0 spiro atoms. The predicted octanol–water partition coefficient (Wildman–Crippen LogP) is 5.36. The van der Waals surface area contributed by atoms with Crippen LogP contribution in [0.4, 0.5) is 0 Å². The van der Waals surface area contributed by atoms with E-state index in [1.807, 2.05) is 0 Å². The Balaban J connectivity index is 1.45. The molecule has 0 bridgehead atoms. The second kappa shape index (κ2) is 9.05. The quantitative estimate of drug-likeness (QED) is 0.734. The van der Waals surface area contributed by atoms with Gasteiger partial charge in [-0.15, -0.1) is 0 Å². The van der Waals surface area contributed by atoms with Gasteiger partial charge in [-0.2, -0.15) is 0 Å². The summed E-state index contributed by atoms with van der Waals surface area (Å²) < 4.78 is 6.27. The van der Waals surface area contributed by atoms with Gasteiger partial charge in [0.2, 0.25) is 0 Å². The van der Waals surface area contributed by atoms with Gasteiger partial charge in [0, 0.05) is 6.54 Å². The lowest BCUT2D eigenvalue weighted by Gasteiger charge is -2.33. The Morgan fingerprint density at radius 3 is 2.72 bits per heavy atom. The molecule has 1 N–H and O–H groups in total. The van der Waals surface area contributed by atoms with E-state index >= 15 is 0 Å². The predicted molar refractivity (Wildman–Crippen MR) is 105 cm³/mol. The number of hydrogen-bond donors (Lipinski definition) is 1. The summed E-state index contributed by atoms with van der Waals surface area (Å²) in [6.07, 6.45) is 5.36. The van der Waals surface area contributed by atoms with Crippen LogP contribution in [0.5, 0.6) is 5.75 Å². The Morgan fingerprint density at radius 2 is 1.92 bits per heavy atom. The van der Waals surface area contributed by atoms with Crippen molar-refractivity contribution in [1.29, 1.82) is 0 Å². The fraction of sp³-hybridized carbons (Fsp3) is 0.478. The van der Waals surface area contributed by atoms with Crippen LogP contribution in [0.25, 0.3) is 0 Å². The lowest BCUT2D eigenvalue weighted by Crippen LogP contribution is -2.33. The van der Waals surface area contributed by atoms with Crippen molar-refractivity contribution in [2.45, 2.75) is 52.2 Å². The van der Waals surface area contributed by atoms with Crippen molar-refractivity contribution >= 4 is 0 Å². The highest BCUT2D eigenvalue weighted by Crippen LogP contribution is 2.32. The molecule has 0 amide bonds. The number of nitrogens with one attached hydrogen (secondary N) is 1. The maximum absolute atomic E-state index is 6.27. The Bertz CT molecular complexity index is 640. The second-order valence-corrected chi connectivity index (χ2v) is 7.58. The minimum absolute atomic E-state index is 0.372. The van der Waals surface area contributed by atoms with Crippen molar-refractivity contribution in [3.05, 3.63) is 65.7 Å². The van der Waals surface area contributed by atoms with E-state index < -0.39 is 0 Å². The van der Waals surface area contributed by atoms with Crippen molar-refractivity contribution in [2.24, 2.45) is 11.8 Å². The highest BCUT2D eigenvalue weighted by molar-refractivity contribution is 5.27. The molecule has 2 aromatic rings. The third-order valence-electron chi connectivity index (χ3n) is 5.40. The van der Waals surface area contributed by atoms with Crippen molar-refractivity contribution in [3.8, 4) is 5.75 Å². The molecule has 0 saturated heterocycles. The molecule has 3 atom stereocenters. The minimum atomic E-state index is 0.372. The molecule has 1 saturated carbocycles. The van der Waals surface area contributed by atoms with Crippen molar-refractivity contribution in [1.82, 2.24) is 5.32 Å². The van der Waals surface area contributed by atoms with E-state index in [1.54, 1.807) is 0 Å². The van der Waals surface area contributed by atoms with E-state index in [0.29, 0.717) is 12.0 Å². The zero-order chi connectivity index (χ0) is 17.5. The molecule has 3 unspecified atom stereocenters. The van der Waals surface area contributed by atoms with Crippen LogP contribution >= 0.6 is 0 Å². The molecule has 0 aromatic heterocycles. The zero-order valence-corrected chi connectivity index (χ0v) is 15.6. The molecular weight excluding hydrogens is 306 g/mol. The van der Waals surface area contributed by atoms with Crippen LogP contribution in [-0.2, 0) is 6.54 Å². The molecule has 0 aliphatic heterocycles. The third kappa shape index (κ3) is 5.61. The van der Waals surface area contributed by atoms with Crippen LogP contribution in [0.3, 0.4) is 0 Å². The first-order valence-electron chi connectivity index (χ1n) is 9.68. The fourth-order valence-corrected chi connectivity index (χ4v) is 3.89. The van der Waals surface area contributed by atoms with Gasteiger partial charge in [0.15, 0.2) is 0 Å². The lowest BCUT2D eigenvalue weighted by atomic mass is 9.79. The topological polar surface area (TPSA) is 21.3 Å². The van der Waals surface area contributed by atoms with E-state index in [4.69, 9.17) is 4.74 Å². The SMILES string of the molecule is Cc1cccc(OC2CCCC(C(C)CNCc3ccccc3)C2)c1. The summed E-state index contributed by atoms with van der Waals surface area (Å²) in [5, 5.41) is 3.63. The van der Waals surface area contributed by atoms with Gasteiger partial charge < -0.3 is 10.1 Å². The highest BCUT2D eigenvalue weighted by Gasteiger charge is 2.27. The van der Waals surface area contributed by atoms with Gasteiger partial charge in [-0.05, 0) is 74.2 Å². The van der Waals surface area contributed by atoms with Gasteiger partial charge in [-0.3, -0.25) is 0 Å². The van der Waals surface area contributed by atoms with Crippen molar-refractivity contribution in [3.63, 3.8) is 0 Å². The van der Waals surface area contributed by atoms with E-state index in [0.717, 1.165) is 24.8 Å². The number of rotatable bonds is 7. The first-order valence-corrected chi connectivity index (χ1v) is 9.68. The number of ether oxygens (including phenoxy) is 1. The summed E-state index contributed by atoms with van der Waals surface area (Å²) >= 11 is 0. The summed E-state index contributed by atoms with van der Waals surface area (Å²) in [7, 11) is 0. The van der Waals surface area contributed by atoms with Gasteiger partial charge >= 0.3 is 0 Å². The average Bonchev–Trinajstić information content (AvgIpc) is 2.63. The molecule has 1 fully saturated rings. The maximum atomic E-state index is 6.27. The van der Waals surface area contributed by atoms with E-state index in [9.17, 15) is 0 Å². The Hall–Kier alpha value is -1.80. The molecule has 25 heavy (non-hydrogen) atoms. The zero-order valence-electron chi connectivity index (χ0n) is 15.6. The molecule has 2 aromatic carbocycles. The fourth-order valence-electron chi connectivity index (χ4n) is 3.89. The minimum Gasteiger partial charge on any atom is -0.490 e. The standard InChI is InChI=1S/C23H31NO/c1-18-8-6-12-22(14-18)25-23-13-7-11-21(15-23)19(2)16-24-17-20-9-4-3-5-10-20/h3-6,8-10,12,14,19,21,23-24H,7,11,13,15-17H2,1-2H3. The first-order chi connectivity index (χ1) is 12.2. The second-order valence-electron chi connectivity index (χ2n) is 7.58. The molecule has 0 radical (unpaired) electrons. The summed E-state index contributed by atoms with van der Waals surface area (Å²) in [6.45, 7) is 6.55. The Morgan fingerprint density at radius 1 is 1.08 bits per heavy atom. The normalized spacial score (nSPS) is 21.7. The number of aryl methyl sites for hydroxylation is 1. The smallest absolute Gasteiger partial charge is 0.119 e. The van der Waals surface area contributed by atoms with E-state index in [2.05, 4.69) is 73.8 Å². The summed E-state index contributed by atoms with van der Waals surface area (Å²) in [4.78, 5) is 0.